The Balaban J connectivity index is 2.07. The second-order valence-electron chi connectivity index (χ2n) is 7.37. The first-order chi connectivity index (χ1) is 9.30. The Morgan fingerprint density at radius 1 is 1.35 bits per heavy atom. The predicted octanol–water partition coefficient (Wildman–Crippen LogP) is 3.89. The van der Waals surface area contributed by atoms with Crippen LogP contribution in [-0.2, 0) is 10.8 Å². The highest BCUT2D eigenvalue weighted by atomic mass is 16.3. The van der Waals surface area contributed by atoms with Crippen LogP contribution in [0.4, 0.5) is 0 Å². The maximum atomic E-state index is 6.27. The van der Waals surface area contributed by atoms with Crippen LogP contribution in [0.5, 0.6) is 0 Å². The molecule has 1 heterocycles. The number of hydrogen-bond donors (Lipinski definition) is 1. The van der Waals surface area contributed by atoms with E-state index in [0.717, 1.165) is 36.3 Å². The van der Waals surface area contributed by atoms with Gasteiger partial charge in [0.1, 0.15) is 5.52 Å². The van der Waals surface area contributed by atoms with E-state index in [2.05, 4.69) is 39.8 Å². The van der Waals surface area contributed by atoms with Crippen molar-refractivity contribution in [2.75, 3.05) is 0 Å². The van der Waals surface area contributed by atoms with Gasteiger partial charge in [0.05, 0.1) is 5.41 Å². The normalized spacial score (nSPS) is 27.4. The van der Waals surface area contributed by atoms with Gasteiger partial charge in [-0.25, -0.2) is 4.98 Å². The summed E-state index contributed by atoms with van der Waals surface area (Å²) >= 11 is 0. The number of aromatic nitrogens is 1. The van der Waals surface area contributed by atoms with E-state index in [1.807, 2.05) is 6.07 Å². The van der Waals surface area contributed by atoms with E-state index in [9.17, 15) is 0 Å². The third-order valence-corrected chi connectivity index (χ3v) is 4.77. The zero-order chi connectivity index (χ0) is 14.5. The minimum atomic E-state index is -0.110. The summed E-state index contributed by atoms with van der Waals surface area (Å²) in [5.74, 6) is 0.809. The standard InChI is InChI=1S/C17H24N2O/c1-16(2,3)11-7-8-13-12(10-11)19-15(20-13)17(4)9-5-6-14(17)18/h7-8,10,14H,5-6,9,18H2,1-4H3. The molecule has 1 aromatic heterocycles. The summed E-state index contributed by atoms with van der Waals surface area (Å²) < 4.78 is 6.00. The quantitative estimate of drug-likeness (QED) is 0.856. The molecule has 20 heavy (non-hydrogen) atoms. The van der Waals surface area contributed by atoms with Gasteiger partial charge in [-0.3, -0.25) is 0 Å². The van der Waals surface area contributed by atoms with Crippen LogP contribution in [-0.4, -0.2) is 11.0 Å². The lowest BCUT2D eigenvalue weighted by molar-refractivity contribution is 0.332. The molecule has 3 rings (SSSR count). The van der Waals surface area contributed by atoms with E-state index >= 15 is 0 Å². The van der Waals surface area contributed by atoms with E-state index in [-0.39, 0.29) is 16.9 Å². The molecule has 2 unspecified atom stereocenters. The highest BCUT2D eigenvalue weighted by Crippen LogP contribution is 2.40. The minimum Gasteiger partial charge on any atom is -0.440 e. The second kappa shape index (κ2) is 4.32. The first kappa shape index (κ1) is 13.6. The molecule has 0 amide bonds. The first-order valence-corrected chi connectivity index (χ1v) is 7.48. The smallest absolute Gasteiger partial charge is 0.202 e. The maximum Gasteiger partial charge on any atom is 0.202 e. The molecule has 0 saturated heterocycles. The third-order valence-electron chi connectivity index (χ3n) is 4.77. The van der Waals surface area contributed by atoms with Gasteiger partial charge in [0.2, 0.25) is 5.89 Å². The SMILES string of the molecule is CC(C)(C)c1ccc2oc(C3(C)CCCC3N)nc2c1. The summed E-state index contributed by atoms with van der Waals surface area (Å²) in [5.41, 5.74) is 9.39. The van der Waals surface area contributed by atoms with Crippen LogP contribution in [0.15, 0.2) is 22.6 Å². The van der Waals surface area contributed by atoms with Crippen molar-refractivity contribution in [3.05, 3.63) is 29.7 Å². The first-order valence-electron chi connectivity index (χ1n) is 7.48. The molecule has 3 nitrogen and oxygen atoms in total. The maximum absolute atomic E-state index is 6.27. The summed E-state index contributed by atoms with van der Waals surface area (Å²) in [7, 11) is 0. The molecule has 0 spiro atoms. The van der Waals surface area contributed by atoms with E-state index < -0.39 is 0 Å². The van der Waals surface area contributed by atoms with Gasteiger partial charge >= 0.3 is 0 Å². The number of oxazole rings is 1. The van der Waals surface area contributed by atoms with Crippen LogP contribution >= 0.6 is 0 Å². The average molecular weight is 272 g/mol. The van der Waals surface area contributed by atoms with Crippen LogP contribution in [0.1, 0.15) is 58.4 Å². The van der Waals surface area contributed by atoms with E-state index in [4.69, 9.17) is 15.1 Å². The Bertz CT molecular complexity index is 638. The predicted molar refractivity (Wildman–Crippen MR) is 81.9 cm³/mol. The van der Waals surface area contributed by atoms with Crippen molar-refractivity contribution in [3.8, 4) is 0 Å². The number of benzene rings is 1. The van der Waals surface area contributed by atoms with Crippen molar-refractivity contribution >= 4 is 11.1 Å². The second-order valence-corrected chi connectivity index (χ2v) is 7.37. The zero-order valence-electron chi connectivity index (χ0n) is 12.9. The Labute approximate surface area is 120 Å². The largest absolute Gasteiger partial charge is 0.440 e. The number of hydrogen-bond acceptors (Lipinski definition) is 3. The Kier molecular flexibility index (Phi) is 2.94. The molecule has 1 fully saturated rings. The van der Waals surface area contributed by atoms with E-state index in [0.29, 0.717) is 0 Å². The highest BCUT2D eigenvalue weighted by Gasteiger charge is 2.42. The molecule has 2 atom stereocenters. The summed E-state index contributed by atoms with van der Waals surface area (Å²) in [6.45, 7) is 8.82. The van der Waals surface area contributed by atoms with Gasteiger partial charge in [0, 0.05) is 6.04 Å². The van der Waals surface area contributed by atoms with Crippen LogP contribution in [0.3, 0.4) is 0 Å². The van der Waals surface area contributed by atoms with Gasteiger partial charge < -0.3 is 10.2 Å². The van der Waals surface area contributed by atoms with Crippen LogP contribution in [0, 0.1) is 0 Å². The summed E-state index contributed by atoms with van der Waals surface area (Å²) in [5, 5.41) is 0. The van der Waals surface area contributed by atoms with Crippen molar-refractivity contribution in [1.82, 2.24) is 4.98 Å². The lowest BCUT2D eigenvalue weighted by Gasteiger charge is -2.24. The van der Waals surface area contributed by atoms with Gasteiger partial charge in [0.15, 0.2) is 5.58 Å². The summed E-state index contributed by atoms with van der Waals surface area (Å²) in [6, 6.07) is 6.47. The highest BCUT2D eigenvalue weighted by molar-refractivity contribution is 5.74. The summed E-state index contributed by atoms with van der Waals surface area (Å²) in [6.07, 6.45) is 3.28. The average Bonchev–Trinajstić information content (AvgIpc) is 2.93. The molecule has 1 aliphatic carbocycles. The zero-order valence-corrected chi connectivity index (χ0v) is 12.9. The Morgan fingerprint density at radius 2 is 2.10 bits per heavy atom. The summed E-state index contributed by atoms with van der Waals surface area (Å²) in [4.78, 5) is 4.74. The van der Waals surface area contributed by atoms with Gasteiger partial charge in [-0.2, -0.15) is 0 Å². The lowest BCUT2D eigenvalue weighted by Crippen LogP contribution is -2.38. The fourth-order valence-electron chi connectivity index (χ4n) is 3.10. The van der Waals surface area contributed by atoms with Crippen LogP contribution in [0.2, 0.25) is 0 Å². The number of nitrogens with zero attached hydrogens (tertiary/aromatic N) is 1. The third kappa shape index (κ3) is 2.05. The monoisotopic (exact) mass is 272 g/mol. The van der Waals surface area contributed by atoms with Gasteiger partial charge in [0.25, 0.3) is 0 Å². The molecule has 1 saturated carbocycles. The molecule has 108 valence electrons. The molecule has 2 aromatic rings. The van der Waals surface area contributed by atoms with Crippen molar-refractivity contribution in [2.45, 2.75) is 63.8 Å². The Morgan fingerprint density at radius 3 is 2.70 bits per heavy atom. The molecule has 2 N–H and O–H groups in total. The fourth-order valence-corrected chi connectivity index (χ4v) is 3.10. The molecule has 0 bridgehead atoms. The molecule has 3 heteroatoms. The van der Waals surface area contributed by atoms with Crippen LogP contribution < -0.4 is 5.73 Å². The lowest BCUT2D eigenvalue weighted by atomic mass is 9.85. The van der Waals surface area contributed by atoms with Gasteiger partial charge in [-0.1, -0.05) is 33.3 Å². The number of nitrogens with two attached hydrogens (primary N) is 1. The van der Waals surface area contributed by atoms with Gasteiger partial charge in [-0.05, 0) is 42.9 Å². The Hall–Kier alpha value is -1.35. The minimum absolute atomic E-state index is 0.110. The number of rotatable bonds is 1. The molecular weight excluding hydrogens is 248 g/mol. The molecule has 1 aliphatic rings. The van der Waals surface area contributed by atoms with Crippen molar-refractivity contribution in [2.24, 2.45) is 5.73 Å². The number of fused-ring (bicyclic) bond motifs is 1. The topological polar surface area (TPSA) is 52.0 Å². The van der Waals surface area contributed by atoms with Gasteiger partial charge in [-0.15, -0.1) is 0 Å². The van der Waals surface area contributed by atoms with Crippen molar-refractivity contribution in [3.63, 3.8) is 0 Å². The molecule has 0 aliphatic heterocycles. The van der Waals surface area contributed by atoms with Crippen LogP contribution in [0.25, 0.3) is 11.1 Å². The molecular formula is C17H24N2O. The van der Waals surface area contributed by atoms with E-state index in [1.54, 1.807) is 0 Å². The molecule has 0 radical (unpaired) electrons. The molecule has 1 aromatic carbocycles. The van der Waals surface area contributed by atoms with Crippen molar-refractivity contribution < 1.29 is 4.42 Å². The van der Waals surface area contributed by atoms with E-state index in [1.165, 1.54) is 5.56 Å². The fraction of sp³-hybridized carbons (Fsp3) is 0.588. The van der Waals surface area contributed by atoms with Crippen molar-refractivity contribution in [1.29, 1.82) is 0 Å².